The maximum atomic E-state index is 13.2. The number of aromatic nitrogens is 2. The van der Waals surface area contributed by atoms with Crippen molar-refractivity contribution >= 4 is 34.7 Å². The highest BCUT2D eigenvalue weighted by molar-refractivity contribution is 6.30. The summed E-state index contributed by atoms with van der Waals surface area (Å²) in [5, 5.41) is 14.4. The van der Waals surface area contributed by atoms with E-state index in [9.17, 15) is 9.59 Å². The number of fused-ring (bicyclic) bond motifs is 1. The average molecular weight is 448 g/mol. The van der Waals surface area contributed by atoms with Crippen LogP contribution in [0.3, 0.4) is 0 Å². The molecule has 0 amide bonds. The Morgan fingerprint density at radius 2 is 1.84 bits per heavy atom. The van der Waals surface area contributed by atoms with Gasteiger partial charge in [0.25, 0.3) is 5.56 Å². The number of nitrogens with zero attached hydrogens (tertiary/aromatic N) is 3. The second-order valence-electron chi connectivity index (χ2n) is 6.96. The quantitative estimate of drug-likeness (QED) is 0.441. The summed E-state index contributed by atoms with van der Waals surface area (Å²) in [6.45, 7) is 1.42. The lowest BCUT2D eigenvalue weighted by atomic mass is 10.2. The minimum atomic E-state index is -1.11. The van der Waals surface area contributed by atoms with Gasteiger partial charge in [-0.25, -0.2) is 9.78 Å². The summed E-state index contributed by atoms with van der Waals surface area (Å²) in [4.78, 5) is 29.1. The third kappa shape index (κ3) is 4.38. The van der Waals surface area contributed by atoms with Gasteiger partial charge in [0.2, 0.25) is 0 Å². The maximum absolute atomic E-state index is 13.2. The molecule has 1 N–H and O–H groups in total. The van der Waals surface area contributed by atoms with Crippen molar-refractivity contribution in [3.63, 3.8) is 0 Å². The lowest BCUT2D eigenvalue weighted by molar-refractivity contribution is -0.144. The lowest BCUT2D eigenvalue weighted by Crippen LogP contribution is -2.23. The Balaban J connectivity index is 1.86. The SMILES string of the molecule is C[C@H](Oc1ccc(Cl)cc1C=Nn1c(-c2ccccc2)nc2ccccc2c1=O)C(=O)O. The number of hydrogen-bond donors (Lipinski definition) is 1. The van der Waals surface area contributed by atoms with Gasteiger partial charge in [-0.15, -0.1) is 0 Å². The molecule has 7 nitrogen and oxygen atoms in total. The highest BCUT2D eigenvalue weighted by Gasteiger charge is 2.16. The molecule has 0 radical (unpaired) electrons. The van der Waals surface area contributed by atoms with Crippen LogP contribution >= 0.6 is 11.6 Å². The molecule has 8 heteroatoms. The number of carbonyl (C=O) groups is 1. The van der Waals surface area contributed by atoms with E-state index in [-0.39, 0.29) is 11.3 Å². The molecule has 4 aromatic rings. The van der Waals surface area contributed by atoms with Crippen LogP contribution in [0, 0.1) is 0 Å². The first kappa shape index (κ1) is 21.3. The summed E-state index contributed by atoms with van der Waals surface area (Å²) in [6, 6.07) is 21.0. The monoisotopic (exact) mass is 447 g/mol. The van der Waals surface area contributed by atoms with Crippen LogP contribution in [0.4, 0.5) is 0 Å². The number of para-hydroxylation sites is 1. The van der Waals surface area contributed by atoms with Gasteiger partial charge in [0.1, 0.15) is 5.75 Å². The van der Waals surface area contributed by atoms with E-state index in [1.165, 1.54) is 17.8 Å². The molecule has 32 heavy (non-hydrogen) atoms. The first-order valence-electron chi connectivity index (χ1n) is 9.74. The van der Waals surface area contributed by atoms with Crippen molar-refractivity contribution in [2.45, 2.75) is 13.0 Å². The van der Waals surface area contributed by atoms with Gasteiger partial charge in [-0.3, -0.25) is 4.79 Å². The summed E-state index contributed by atoms with van der Waals surface area (Å²) in [5.74, 6) is -0.464. The minimum absolute atomic E-state index is 0.274. The first-order valence-corrected chi connectivity index (χ1v) is 10.1. The smallest absolute Gasteiger partial charge is 0.344 e. The topological polar surface area (TPSA) is 93.8 Å². The summed E-state index contributed by atoms with van der Waals surface area (Å²) in [5.41, 5.74) is 1.36. The van der Waals surface area contributed by atoms with Crippen LogP contribution in [0.2, 0.25) is 5.02 Å². The number of rotatable bonds is 6. The summed E-state index contributed by atoms with van der Waals surface area (Å²) >= 11 is 6.12. The minimum Gasteiger partial charge on any atom is -0.479 e. The second-order valence-corrected chi connectivity index (χ2v) is 7.40. The molecule has 0 saturated heterocycles. The molecule has 1 heterocycles. The highest BCUT2D eigenvalue weighted by atomic mass is 35.5. The standard InChI is InChI=1S/C24H18ClN3O4/c1-15(24(30)31)32-21-12-11-18(25)13-17(21)14-26-28-22(16-7-3-2-4-8-16)27-20-10-6-5-9-19(20)23(28)29/h2-15H,1H3,(H,30,31)/t15-/m0/s1. The molecule has 3 aromatic carbocycles. The van der Waals surface area contributed by atoms with Crippen molar-refractivity contribution in [3.05, 3.63) is 93.7 Å². The van der Waals surface area contributed by atoms with Gasteiger partial charge < -0.3 is 9.84 Å². The predicted octanol–water partition coefficient (Wildman–Crippen LogP) is 4.45. The Hall–Kier alpha value is -3.97. The average Bonchev–Trinajstić information content (AvgIpc) is 2.80. The van der Waals surface area contributed by atoms with Crippen molar-refractivity contribution < 1.29 is 14.6 Å². The van der Waals surface area contributed by atoms with E-state index in [0.717, 1.165) is 5.56 Å². The maximum Gasteiger partial charge on any atom is 0.344 e. The fraction of sp³-hybridized carbons (Fsp3) is 0.0833. The molecule has 0 fully saturated rings. The van der Waals surface area contributed by atoms with Gasteiger partial charge in [-0.2, -0.15) is 9.78 Å². The number of halogens is 1. The zero-order chi connectivity index (χ0) is 22.7. The Morgan fingerprint density at radius 3 is 2.59 bits per heavy atom. The van der Waals surface area contributed by atoms with E-state index in [2.05, 4.69) is 10.1 Å². The Morgan fingerprint density at radius 1 is 1.12 bits per heavy atom. The van der Waals surface area contributed by atoms with E-state index in [1.54, 1.807) is 36.4 Å². The molecule has 1 atom stereocenters. The molecule has 4 rings (SSSR count). The Kier molecular flexibility index (Phi) is 6.00. The normalized spacial score (nSPS) is 12.2. The third-order valence-electron chi connectivity index (χ3n) is 4.72. The van der Waals surface area contributed by atoms with E-state index < -0.39 is 12.1 Å². The molecule has 0 unspecified atom stereocenters. The van der Waals surface area contributed by atoms with Crippen molar-refractivity contribution in [1.29, 1.82) is 0 Å². The number of carboxylic acid groups (broad SMARTS) is 1. The summed E-state index contributed by atoms with van der Waals surface area (Å²) in [7, 11) is 0. The Bertz CT molecular complexity index is 1380. The van der Waals surface area contributed by atoms with Crippen molar-refractivity contribution in [2.24, 2.45) is 5.10 Å². The summed E-state index contributed by atoms with van der Waals surface area (Å²) in [6.07, 6.45) is 0.327. The van der Waals surface area contributed by atoms with E-state index in [4.69, 9.17) is 21.4 Å². The second kappa shape index (κ2) is 9.03. The molecule has 0 aliphatic rings. The molecule has 0 aliphatic carbocycles. The number of aliphatic carboxylic acids is 1. The van der Waals surface area contributed by atoms with Crippen LogP contribution < -0.4 is 10.3 Å². The lowest BCUT2D eigenvalue weighted by Gasteiger charge is -2.13. The first-order chi connectivity index (χ1) is 15.4. The van der Waals surface area contributed by atoms with Gasteiger partial charge >= 0.3 is 5.97 Å². The largest absolute Gasteiger partial charge is 0.479 e. The molecule has 160 valence electrons. The molecule has 0 aliphatic heterocycles. The third-order valence-corrected chi connectivity index (χ3v) is 4.96. The van der Waals surface area contributed by atoms with Gasteiger partial charge in [-0.1, -0.05) is 54.1 Å². The summed E-state index contributed by atoms with van der Waals surface area (Å²) < 4.78 is 6.72. The van der Waals surface area contributed by atoms with Gasteiger partial charge in [0.15, 0.2) is 11.9 Å². The molecular formula is C24H18ClN3O4. The van der Waals surface area contributed by atoms with Crippen LogP contribution in [-0.4, -0.2) is 33.1 Å². The van der Waals surface area contributed by atoms with Crippen molar-refractivity contribution in [3.8, 4) is 17.1 Å². The van der Waals surface area contributed by atoms with Gasteiger partial charge in [-0.05, 0) is 37.3 Å². The van der Waals surface area contributed by atoms with Crippen LogP contribution in [-0.2, 0) is 4.79 Å². The van der Waals surface area contributed by atoms with Crippen LogP contribution in [0.25, 0.3) is 22.3 Å². The van der Waals surface area contributed by atoms with E-state index >= 15 is 0 Å². The van der Waals surface area contributed by atoms with Crippen molar-refractivity contribution in [1.82, 2.24) is 9.66 Å². The zero-order valence-electron chi connectivity index (χ0n) is 17.0. The number of benzene rings is 3. The highest BCUT2D eigenvalue weighted by Crippen LogP contribution is 2.23. The molecule has 0 saturated carbocycles. The molecule has 0 spiro atoms. The predicted molar refractivity (Wildman–Crippen MR) is 124 cm³/mol. The number of ether oxygens (including phenoxy) is 1. The number of carboxylic acids is 1. The van der Waals surface area contributed by atoms with Gasteiger partial charge in [0, 0.05) is 16.1 Å². The van der Waals surface area contributed by atoms with Gasteiger partial charge in [0.05, 0.1) is 17.1 Å². The Labute approximate surface area is 188 Å². The fourth-order valence-corrected chi connectivity index (χ4v) is 3.27. The fourth-order valence-electron chi connectivity index (χ4n) is 3.09. The van der Waals surface area contributed by atoms with Crippen LogP contribution in [0.15, 0.2) is 82.7 Å². The zero-order valence-corrected chi connectivity index (χ0v) is 17.7. The molecule has 0 bridgehead atoms. The van der Waals surface area contributed by atoms with Crippen LogP contribution in [0.1, 0.15) is 12.5 Å². The van der Waals surface area contributed by atoms with Crippen LogP contribution in [0.5, 0.6) is 5.75 Å². The van der Waals surface area contributed by atoms with Crippen molar-refractivity contribution in [2.75, 3.05) is 0 Å². The van der Waals surface area contributed by atoms with E-state index in [0.29, 0.717) is 27.3 Å². The number of hydrogen-bond acceptors (Lipinski definition) is 5. The van der Waals surface area contributed by atoms with E-state index in [1.807, 2.05) is 36.4 Å². The molecular weight excluding hydrogens is 430 g/mol. The molecule has 1 aromatic heterocycles.